The van der Waals surface area contributed by atoms with E-state index >= 15 is 0 Å². The Bertz CT molecular complexity index is 551. The number of carboxylic acid groups (broad SMARTS) is 1. The summed E-state index contributed by atoms with van der Waals surface area (Å²) in [4.78, 5) is 34.0. The minimum Gasteiger partial charge on any atom is -0.810 e. The van der Waals surface area contributed by atoms with Crippen molar-refractivity contribution in [2.24, 2.45) is 5.92 Å². The van der Waals surface area contributed by atoms with Crippen molar-refractivity contribution in [2.45, 2.75) is 44.7 Å². The third-order valence-electron chi connectivity index (χ3n) is 3.97. The molecular formula is C15H20K3O5P. The molecule has 118 valence electrons. The molecular weight excluding hydrogens is 408 g/mol. The minimum absolute atomic E-state index is 0. The SMILES string of the molecule is C=C(CCC=C(C)C)[C@@H]1C[C@@](C(=O)[O-])(P(=O)([O-])[O-])CC1=C.[K+].[K+].[K+]. The Morgan fingerprint density at radius 3 is 2.17 bits per heavy atom. The van der Waals surface area contributed by atoms with Crippen molar-refractivity contribution in [3.05, 3.63) is 36.0 Å². The van der Waals surface area contributed by atoms with Crippen LogP contribution in [0.25, 0.3) is 0 Å². The van der Waals surface area contributed by atoms with Gasteiger partial charge in [-0.05, 0) is 39.5 Å². The maximum atomic E-state index is 11.4. The summed E-state index contributed by atoms with van der Waals surface area (Å²) in [5, 5.41) is 8.84. The molecule has 0 bridgehead atoms. The summed E-state index contributed by atoms with van der Waals surface area (Å²) in [5.41, 5.74) is 2.28. The van der Waals surface area contributed by atoms with Crippen LogP contribution in [0.2, 0.25) is 0 Å². The van der Waals surface area contributed by atoms with Crippen LogP contribution in [-0.4, -0.2) is 11.1 Å². The van der Waals surface area contributed by atoms with Crippen LogP contribution < -0.4 is 169 Å². The summed E-state index contributed by atoms with van der Waals surface area (Å²) in [6.07, 6.45) is 2.65. The van der Waals surface area contributed by atoms with E-state index in [0.29, 0.717) is 17.6 Å². The molecule has 0 amide bonds. The van der Waals surface area contributed by atoms with Crippen molar-refractivity contribution >= 4 is 13.6 Å². The fourth-order valence-corrected chi connectivity index (χ4v) is 3.71. The van der Waals surface area contributed by atoms with Gasteiger partial charge in [-0.25, -0.2) is 0 Å². The molecule has 0 unspecified atom stereocenters. The number of aliphatic carboxylic acids is 1. The van der Waals surface area contributed by atoms with Crippen LogP contribution in [0, 0.1) is 5.92 Å². The second-order valence-electron chi connectivity index (χ2n) is 5.89. The molecule has 1 rings (SSSR count). The second kappa shape index (κ2) is 13.9. The number of carbonyl (C=O) groups excluding carboxylic acids is 1. The number of hydrogen-bond acceptors (Lipinski definition) is 5. The Labute approximate surface area is 272 Å². The first-order valence-electron chi connectivity index (χ1n) is 6.73. The van der Waals surface area contributed by atoms with E-state index in [4.69, 9.17) is 0 Å². The maximum Gasteiger partial charge on any atom is 1.00 e. The monoisotopic (exact) mass is 428 g/mol. The van der Waals surface area contributed by atoms with Gasteiger partial charge >= 0.3 is 154 Å². The van der Waals surface area contributed by atoms with E-state index < -0.39 is 24.6 Å². The van der Waals surface area contributed by atoms with Gasteiger partial charge in [0.2, 0.25) is 0 Å². The van der Waals surface area contributed by atoms with E-state index in [2.05, 4.69) is 13.2 Å². The first kappa shape index (κ1) is 32.4. The Hall–Kier alpha value is 3.75. The van der Waals surface area contributed by atoms with Crippen LogP contribution in [0.3, 0.4) is 0 Å². The summed E-state index contributed by atoms with van der Waals surface area (Å²) in [5.74, 6) is -2.30. The Morgan fingerprint density at radius 1 is 1.33 bits per heavy atom. The summed E-state index contributed by atoms with van der Waals surface area (Å²) in [6.45, 7) is 11.5. The predicted octanol–water partition coefficient (Wildman–Crippen LogP) is -8.33. The largest absolute Gasteiger partial charge is 1.00 e. The molecule has 0 N–H and O–H groups in total. The van der Waals surface area contributed by atoms with E-state index in [1.807, 2.05) is 19.9 Å². The minimum atomic E-state index is -5.33. The molecule has 0 saturated heterocycles. The fourth-order valence-electron chi connectivity index (χ4n) is 2.68. The molecule has 9 heteroatoms. The normalized spacial score (nSPS) is 22.5. The zero-order chi connectivity index (χ0) is 16.4. The van der Waals surface area contributed by atoms with Crippen LogP contribution in [-0.2, 0) is 9.36 Å². The first-order valence-corrected chi connectivity index (χ1v) is 8.28. The van der Waals surface area contributed by atoms with Crippen LogP contribution in [0.4, 0.5) is 0 Å². The molecule has 0 heterocycles. The molecule has 1 fully saturated rings. The van der Waals surface area contributed by atoms with E-state index in [9.17, 15) is 24.3 Å². The second-order valence-corrected chi connectivity index (χ2v) is 7.74. The van der Waals surface area contributed by atoms with E-state index in [0.717, 1.165) is 12.0 Å². The van der Waals surface area contributed by atoms with Crippen molar-refractivity contribution in [1.82, 2.24) is 0 Å². The third kappa shape index (κ3) is 8.63. The molecule has 1 aliphatic rings. The molecule has 2 atom stereocenters. The summed E-state index contributed by atoms with van der Waals surface area (Å²) < 4.78 is 11.4. The van der Waals surface area contributed by atoms with Gasteiger partial charge in [-0.1, -0.05) is 43.5 Å². The third-order valence-corrected chi connectivity index (χ3v) is 5.54. The average Bonchev–Trinajstić information content (AvgIpc) is 2.67. The van der Waals surface area contributed by atoms with Crippen molar-refractivity contribution in [3.8, 4) is 0 Å². The maximum absolute atomic E-state index is 11.4. The molecule has 0 aromatic heterocycles. The van der Waals surface area contributed by atoms with Crippen molar-refractivity contribution in [2.75, 3.05) is 0 Å². The van der Waals surface area contributed by atoms with Crippen LogP contribution in [0.5, 0.6) is 0 Å². The van der Waals surface area contributed by atoms with Crippen LogP contribution >= 0.6 is 7.60 Å². The molecule has 1 saturated carbocycles. The zero-order valence-electron chi connectivity index (χ0n) is 15.4. The van der Waals surface area contributed by atoms with E-state index in [-0.39, 0.29) is 167 Å². The fraction of sp³-hybridized carbons (Fsp3) is 0.533. The first-order chi connectivity index (χ1) is 9.51. The summed E-state index contributed by atoms with van der Waals surface area (Å²) in [7, 11) is -5.33. The van der Waals surface area contributed by atoms with Crippen LogP contribution in [0.1, 0.15) is 39.5 Å². The van der Waals surface area contributed by atoms with Gasteiger partial charge in [-0.3, -0.25) is 0 Å². The molecule has 0 aliphatic heterocycles. The van der Waals surface area contributed by atoms with Crippen molar-refractivity contribution < 1.29 is 178 Å². The smallest absolute Gasteiger partial charge is 0.810 e. The van der Waals surface area contributed by atoms with Gasteiger partial charge in [0, 0.05) is 11.1 Å². The summed E-state index contributed by atoms with van der Waals surface area (Å²) >= 11 is 0. The topological polar surface area (TPSA) is 103 Å². The van der Waals surface area contributed by atoms with Gasteiger partial charge in [-0.2, -0.15) is 0 Å². The van der Waals surface area contributed by atoms with Gasteiger partial charge in [0.1, 0.15) is 0 Å². The predicted molar refractivity (Wildman–Crippen MR) is 75.0 cm³/mol. The number of carboxylic acids is 1. The average molecular weight is 429 g/mol. The number of hydrogen-bond donors (Lipinski definition) is 0. The molecule has 5 nitrogen and oxygen atoms in total. The molecule has 0 aromatic carbocycles. The number of allylic oxidation sites excluding steroid dienone is 4. The zero-order valence-corrected chi connectivity index (χ0v) is 25.6. The Balaban J connectivity index is -0.00000147. The van der Waals surface area contributed by atoms with E-state index in [1.165, 1.54) is 0 Å². The van der Waals surface area contributed by atoms with Crippen molar-refractivity contribution in [3.63, 3.8) is 0 Å². The van der Waals surface area contributed by atoms with Gasteiger partial charge < -0.3 is 24.3 Å². The molecule has 0 spiro atoms. The number of rotatable bonds is 6. The van der Waals surface area contributed by atoms with Gasteiger partial charge in [0.25, 0.3) is 0 Å². The quantitative estimate of drug-likeness (QED) is 0.237. The van der Waals surface area contributed by atoms with Crippen LogP contribution in [0.15, 0.2) is 36.0 Å². The molecule has 1 aliphatic carbocycles. The summed E-state index contributed by atoms with van der Waals surface area (Å²) in [6, 6.07) is 0. The van der Waals surface area contributed by atoms with Crippen molar-refractivity contribution in [1.29, 1.82) is 0 Å². The molecule has 24 heavy (non-hydrogen) atoms. The Morgan fingerprint density at radius 2 is 1.83 bits per heavy atom. The number of carbonyl (C=O) groups is 1. The van der Waals surface area contributed by atoms with Gasteiger partial charge in [-0.15, -0.1) is 0 Å². The molecule has 0 aromatic rings. The Kier molecular flexibility index (Phi) is 18.7. The van der Waals surface area contributed by atoms with Gasteiger partial charge in [0.05, 0.1) is 5.97 Å². The van der Waals surface area contributed by atoms with Gasteiger partial charge in [0.15, 0.2) is 0 Å². The molecule has 0 radical (unpaired) electrons. The standard InChI is InChI=1S/C15H23O5P.3K/c1-10(2)6-5-7-11(3)13-9-15(14(16)17,8-12(13)4)21(18,19)20;;;/h6,13H,3-5,7-9H2,1-2H3,(H,16,17)(H2,18,19,20);;;/q;3*+1/p-3/t13-,15-;;;/m0.../s1. The van der Waals surface area contributed by atoms with E-state index in [1.54, 1.807) is 0 Å².